The second kappa shape index (κ2) is 6.60. The second-order valence-corrected chi connectivity index (χ2v) is 4.93. The lowest BCUT2D eigenvalue weighted by molar-refractivity contribution is -0.385. The maximum Gasteiger partial charge on any atom is 0.272 e. The van der Waals surface area contributed by atoms with Crippen LogP contribution in [0.4, 0.5) is 5.69 Å². The van der Waals surface area contributed by atoms with E-state index in [0.29, 0.717) is 12.3 Å². The average Bonchev–Trinajstić information content (AvgIpc) is 2.29. The number of alkyl halides is 1. The molecular formula is C13H18ClNO2. The van der Waals surface area contributed by atoms with E-state index in [9.17, 15) is 10.1 Å². The zero-order valence-electron chi connectivity index (χ0n) is 10.2. The van der Waals surface area contributed by atoms with E-state index in [1.807, 2.05) is 6.07 Å². The van der Waals surface area contributed by atoms with Crippen LogP contribution in [0.1, 0.15) is 32.3 Å². The van der Waals surface area contributed by atoms with Crippen molar-refractivity contribution in [3.05, 3.63) is 39.9 Å². The summed E-state index contributed by atoms with van der Waals surface area (Å²) in [5, 5.41) is 10.8. The molecule has 3 nitrogen and oxygen atoms in total. The van der Waals surface area contributed by atoms with Crippen molar-refractivity contribution < 1.29 is 4.92 Å². The minimum atomic E-state index is -0.344. The summed E-state index contributed by atoms with van der Waals surface area (Å²) < 4.78 is 0. The Morgan fingerprint density at radius 1 is 1.41 bits per heavy atom. The first-order valence-corrected chi connectivity index (χ1v) is 6.36. The minimum absolute atomic E-state index is 0.0453. The van der Waals surface area contributed by atoms with Crippen molar-refractivity contribution >= 4 is 17.3 Å². The Labute approximate surface area is 107 Å². The maximum atomic E-state index is 10.9. The molecule has 0 aliphatic carbocycles. The highest BCUT2D eigenvalue weighted by Crippen LogP contribution is 2.25. The van der Waals surface area contributed by atoms with Crippen LogP contribution in [0.25, 0.3) is 0 Å². The van der Waals surface area contributed by atoms with Gasteiger partial charge in [-0.1, -0.05) is 38.5 Å². The minimum Gasteiger partial charge on any atom is -0.258 e. The van der Waals surface area contributed by atoms with E-state index in [1.54, 1.807) is 12.1 Å². The molecule has 0 radical (unpaired) electrons. The van der Waals surface area contributed by atoms with Gasteiger partial charge in [-0.2, -0.15) is 0 Å². The summed E-state index contributed by atoms with van der Waals surface area (Å²) in [7, 11) is 0. The fraction of sp³-hybridized carbons (Fsp3) is 0.538. The number of halogens is 1. The molecule has 94 valence electrons. The fourth-order valence-corrected chi connectivity index (χ4v) is 2.20. The van der Waals surface area contributed by atoms with Crippen LogP contribution in [-0.2, 0) is 6.42 Å². The monoisotopic (exact) mass is 255 g/mol. The molecule has 1 aromatic carbocycles. The van der Waals surface area contributed by atoms with Crippen molar-refractivity contribution in [3.63, 3.8) is 0 Å². The lowest BCUT2D eigenvalue weighted by atomic mass is 9.96. The molecule has 0 aliphatic rings. The Morgan fingerprint density at radius 2 is 2.06 bits per heavy atom. The van der Waals surface area contributed by atoms with E-state index >= 15 is 0 Å². The molecule has 0 bridgehead atoms. The largest absolute Gasteiger partial charge is 0.272 e. The van der Waals surface area contributed by atoms with Gasteiger partial charge in [0.05, 0.1) is 4.92 Å². The smallest absolute Gasteiger partial charge is 0.258 e. The highest BCUT2D eigenvalue weighted by molar-refractivity contribution is 6.20. The van der Waals surface area contributed by atoms with Crippen LogP contribution in [0.2, 0.25) is 0 Å². The molecule has 0 amide bonds. The number of para-hydroxylation sites is 1. The Balaban J connectivity index is 2.77. The van der Waals surface area contributed by atoms with Crippen LogP contribution in [-0.4, -0.2) is 10.3 Å². The number of benzene rings is 1. The molecule has 17 heavy (non-hydrogen) atoms. The van der Waals surface area contributed by atoms with Crippen LogP contribution in [0.15, 0.2) is 24.3 Å². The van der Waals surface area contributed by atoms with Gasteiger partial charge in [-0.25, -0.2) is 0 Å². The standard InChI is InChI=1S/C13H18ClNO2/c1-3-6-10(2)12(14)9-11-7-4-5-8-13(11)15(16)17/h4-5,7-8,10,12H,3,6,9H2,1-2H3. The first kappa shape index (κ1) is 14.0. The molecular weight excluding hydrogens is 238 g/mol. The molecule has 1 aromatic rings. The number of rotatable bonds is 6. The van der Waals surface area contributed by atoms with Gasteiger partial charge in [0.15, 0.2) is 0 Å². The first-order valence-electron chi connectivity index (χ1n) is 5.92. The summed E-state index contributed by atoms with van der Waals surface area (Å²) in [4.78, 5) is 10.5. The van der Waals surface area contributed by atoms with E-state index < -0.39 is 0 Å². The van der Waals surface area contributed by atoms with Gasteiger partial charge in [0, 0.05) is 17.0 Å². The number of nitrogens with zero attached hydrogens (tertiary/aromatic N) is 1. The summed E-state index contributed by atoms with van der Waals surface area (Å²) in [5.41, 5.74) is 0.891. The molecule has 1 rings (SSSR count). The third-order valence-electron chi connectivity index (χ3n) is 2.96. The highest BCUT2D eigenvalue weighted by atomic mass is 35.5. The zero-order chi connectivity index (χ0) is 12.8. The van der Waals surface area contributed by atoms with Gasteiger partial charge in [-0.3, -0.25) is 10.1 Å². The van der Waals surface area contributed by atoms with Crippen molar-refractivity contribution in [1.29, 1.82) is 0 Å². The van der Waals surface area contributed by atoms with Gasteiger partial charge >= 0.3 is 0 Å². The molecule has 0 saturated carbocycles. The Kier molecular flexibility index (Phi) is 5.42. The molecule has 0 aromatic heterocycles. The van der Waals surface area contributed by atoms with Crippen LogP contribution >= 0.6 is 11.6 Å². The third kappa shape index (κ3) is 4.00. The van der Waals surface area contributed by atoms with Crippen molar-refractivity contribution in [2.24, 2.45) is 5.92 Å². The molecule has 0 spiro atoms. The van der Waals surface area contributed by atoms with Crippen LogP contribution in [0.5, 0.6) is 0 Å². The molecule has 4 heteroatoms. The molecule has 2 unspecified atom stereocenters. The summed E-state index contributed by atoms with van der Waals surface area (Å²) in [6.07, 6.45) is 2.69. The van der Waals surface area contributed by atoms with E-state index in [-0.39, 0.29) is 16.0 Å². The Bertz CT molecular complexity index is 381. The summed E-state index contributed by atoms with van der Waals surface area (Å²) >= 11 is 6.30. The highest BCUT2D eigenvalue weighted by Gasteiger charge is 2.19. The maximum absolute atomic E-state index is 10.9. The molecule has 0 saturated heterocycles. The topological polar surface area (TPSA) is 43.1 Å². The Hall–Kier alpha value is -1.09. The van der Waals surface area contributed by atoms with Crippen molar-refractivity contribution in [2.45, 2.75) is 38.5 Å². The van der Waals surface area contributed by atoms with Gasteiger partial charge < -0.3 is 0 Å². The lowest BCUT2D eigenvalue weighted by Crippen LogP contribution is -2.15. The van der Waals surface area contributed by atoms with Crippen LogP contribution in [0.3, 0.4) is 0 Å². The van der Waals surface area contributed by atoms with Crippen molar-refractivity contribution in [1.82, 2.24) is 0 Å². The Morgan fingerprint density at radius 3 is 2.65 bits per heavy atom. The predicted molar refractivity (Wildman–Crippen MR) is 70.5 cm³/mol. The molecule has 0 aliphatic heterocycles. The zero-order valence-corrected chi connectivity index (χ0v) is 11.0. The number of hydrogen-bond acceptors (Lipinski definition) is 2. The van der Waals surface area contributed by atoms with Crippen LogP contribution in [0, 0.1) is 16.0 Å². The van der Waals surface area contributed by atoms with Crippen molar-refractivity contribution in [2.75, 3.05) is 0 Å². The quantitative estimate of drug-likeness (QED) is 0.435. The van der Waals surface area contributed by atoms with E-state index in [4.69, 9.17) is 11.6 Å². The summed E-state index contributed by atoms with van der Waals surface area (Å²) in [6, 6.07) is 6.81. The molecule has 2 atom stereocenters. The van der Waals surface area contributed by atoms with E-state index in [0.717, 1.165) is 18.4 Å². The third-order valence-corrected chi connectivity index (χ3v) is 3.55. The van der Waals surface area contributed by atoms with Gasteiger partial charge in [0.2, 0.25) is 0 Å². The number of nitro benzene ring substituents is 1. The first-order chi connectivity index (χ1) is 8.06. The van der Waals surface area contributed by atoms with Crippen molar-refractivity contribution in [3.8, 4) is 0 Å². The molecule has 0 heterocycles. The number of hydrogen-bond donors (Lipinski definition) is 0. The van der Waals surface area contributed by atoms with Crippen LogP contribution < -0.4 is 0 Å². The lowest BCUT2D eigenvalue weighted by Gasteiger charge is -2.17. The van der Waals surface area contributed by atoms with E-state index in [2.05, 4.69) is 13.8 Å². The summed E-state index contributed by atoms with van der Waals surface area (Å²) in [5.74, 6) is 0.376. The number of nitro groups is 1. The normalized spacial score (nSPS) is 14.3. The van der Waals surface area contributed by atoms with Gasteiger partial charge in [-0.05, 0) is 18.8 Å². The van der Waals surface area contributed by atoms with Gasteiger partial charge in [0.1, 0.15) is 0 Å². The fourth-order valence-electron chi connectivity index (χ4n) is 1.91. The SMILES string of the molecule is CCCC(C)C(Cl)Cc1ccccc1[N+](=O)[O-]. The average molecular weight is 256 g/mol. The molecule has 0 N–H and O–H groups in total. The predicted octanol–water partition coefficient (Wildman–Crippen LogP) is 4.18. The second-order valence-electron chi connectivity index (χ2n) is 4.37. The van der Waals surface area contributed by atoms with E-state index in [1.165, 1.54) is 6.07 Å². The summed E-state index contributed by atoms with van der Waals surface area (Å²) in [6.45, 7) is 4.21. The molecule has 0 fully saturated rings. The van der Waals surface area contributed by atoms with Gasteiger partial charge in [0.25, 0.3) is 5.69 Å². The van der Waals surface area contributed by atoms with Gasteiger partial charge in [-0.15, -0.1) is 11.6 Å².